The van der Waals surface area contributed by atoms with Crippen molar-refractivity contribution >= 4 is 29.9 Å². The summed E-state index contributed by atoms with van der Waals surface area (Å²) in [7, 11) is 1.78. The van der Waals surface area contributed by atoms with Crippen molar-refractivity contribution < 1.29 is 0 Å². The van der Waals surface area contributed by atoms with Gasteiger partial charge in [-0.2, -0.15) is 5.10 Å². The van der Waals surface area contributed by atoms with E-state index in [9.17, 15) is 0 Å². The summed E-state index contributed by atoms with van der Waals surface area (Å²) < 4.78 is 4.01. The van der Waals surface area contributed by atoms with Crippen molar-refractivity contribution in [3.05, 3.63) is 72.8 Å². The summed E-state index contributed by atoms with van der Waals surface area (Å²) in [5.74, 6) is 0.789. The van der Waals surface area contributed by atoms with Crippen LogP contribution in [0.2, 0.25) is 0 Å². The molecule has 6 nitrogen and oxygen atoms in total. The van der Waals surface area contributed by atoms with Gasteiger partial charge < -0.3 is 15.2 Å². The highest BCUT2D eigenvalue weighted by molar-refractivity contribution is 14.0. The Bertz CT molecular complexity index is 765. The van der Waals surface area contributed by atoms with Gasteiger partial charge in [0.05, 0.1) is 5.69 Å². The molecule has 0 radical (unpaired) electrons. The highest BCUT2D eigenvalue weighted by Crippen LogP contribution is 2.12. The van der Waals surface area contributed by atoms with Crippen LogP contribution in [0.4, 0.5) is 0 Å². The Morgan fingerprint density at radius 3 is 2.56 bits per heavy atom. The van der Waals surface area contributed by atoms with Crippen molar-refractivity contribution in [3.63, 3.8) is 0 Å². The lowest BCUT2D eigenvalue weighted by Crippen LogP contribution is -2.38. The van der Waals surface area contributed by atoms with Gasteiger partial charge in [-0.1, -0.05) is 18.2 Å². The molecule has 0 fully saturated rings. The first-order valence-corrected chi connectivity index (χ1v) is 8.00. The van der Waals surface area contributed by atoms with Gasteiger partial charge in [-0.25, -0.2) is 4.68 Å². The number of aromatic nitrogens is 3. The summed E-state index contributed by atoms with van der Waals surface area (Å²) in [6.45, 7) is 2.39. The van der Waals surface area contributed by atoms with Crippen LogP contribution in [0.3, 0.4) is 0 Å². The molecule has 2 N–H and O–H groups in total. The zero-order chi connectivity index (χ0) is 16.6. The van der Waals surface area contributed by atoms with Crippen LogP contribution in [0.15, 0.2) is 72.2 Å². The van der Waals surface area contributed by atoms with Crippen molar-refractivity contribution in [2.45, 2.75) is 13.1 Å². The molecule has 0 saturated carbocycles. The predicted octanol–water partition coefficient (Wildman–Crippen LogP) is 2.66. The Kier molecular flexibility index (Phi) is 7.52. The molecule has 25 heavy (non-hydrogen) atoms. The van der Waals surface area contributed by atoms with Crippen LogP contribution in [0.25, 0.3) is 5.69 Å². The molecule has 0 bridgehead atoms. The standard InChI is InChI=1S/C18H22N6.HI/c1-19-18(20-10-14-23-11-4-5-12-23)21-15-16-7-2-3-8-17(16)24-13-6-9-22-24;/h2-9,11-13H,10,14-15H2,1H3,(H2,19,20,21);1H. The number of aliphatic imine (C=N–C) groups is 1. The highest BCUT2D eigenvalue weighted by Gasteiger charge is 2.05. The van der Waals surface area contributed by atoms with Gasteiger partial charge in [0, 0.05) is 51.5 Å². The Hall–Kier alpha value is -2.29. The molecule has 0 aliphatic rings. The predicted molar refractivity (Wildman–Crippen MR) is 112 cm³/mol. The fourth-order valence-electron chi connectivity index (χ4n) is 2.52. The second kappa shape index (κ2) is 9.87. The van der Waals surface area contributed by atoms with Gasteiger partial charge in [-0.15, -0.1) is 24.0 Å². The van der Waals surface area contributed by atoms with Crippen LogP contribution in [0, 0.1) is 0 Å². The lowest BCUT2D eigenvalue weighted by Gasteiger charge is -2.14. The number of para-hydroxylation sites is 1. The Morgan fingerprint density at radius 1 is 1.04 bits per heavy atom. The quantitative estimate of drug-likeness (QED) is 0.345. The van der Waals surface area contributed by atoms with Crippen molar-refractivity contribution in [2.75, 3.05) is 13.6 Å². The van der Waals surface area contributed by atoms with E-state index in [0.717, 1.165) is 30.3 Å². The van der Waals surface area contributed by atoms with E-state index in [1.807, 2.05) is 41.2 Å². The largest absolute Gasteiger partial charge is 0.355 e. The van der Waals surface area contributed by atoms with E-state index in [2.05, 4.69) is 49.8 Å². The number of halogens is 1. The molecule has 2 heterocycles. The first-order valence-electron chi connectivity index (χ1n) is 8.00. The Balaban J connectivity index is 0.00000225. The van der Waals surface area contributed by atoms with Crippen molar-refractivity contribution in [1.29, 1.82) is 0 Å². The van der Waals surface area contributed by atoms with Gasteiger partial charge in [0.25, 0.3) is 0 Å². The van der Waals surface area contributed by atoms with E-state index in [1.165, 1.54) is 0 Å². The second-order valence-electron chi connectivity index (χ2n) is 5.35. The molecule has 0 aliphatic carbocycles. The number of nitrogens with zero attached hydrogens (tertiary/aromatic N) is 4. The molecule has 0 spiro atoms. The van der Waals surface area contributed by atoms with E-state index in [1.54, 1.807) is 13.2 Å². The monoisotopic (exact) mass is 450 g/mol. The SMILES string of the molecule is CN=C(NCCn1cccc1)NCc1ccccc1-n1cccn1.I. The minimum absolute atomic E-state index is 0. The molecule has 132 valence electrons. The van der Waals surface area contributed by atoms with Gasteiger partial charge in [0.1, 0.15) is 0 Å². The maximum atomic E-state index is 4.31. The zero-order valence-corrected chi connectivity index (χ0v) is 16.5. The van der Waals surface area contributed by atoms with E-state index in [0.29, 0.717) is 6.54 Å². The van der Waals surface area contributed by atoms with Crippen LogP contribution in [0.1, 0.15) is 5.56 Å². The van der Waals surface area contributed by atoms with Gasteiger partial charge >= 0.3 is 0 Å². The average Bonchev–Trinajstić information content (AvgIpc) is 3.32. The summed E-state index contributed by atoms with van der Waals surface area (Å²) in [5.41, 5.74) is 2.23. The van der Waals surface area contributed by atoms with E-state index >= 15 is 0 Å². The van der Waals surface area contributed by atoms with Crippen LogP contribution in [-0.4, -0.2) is 33.9 Å². The first-order chi connectivity index (χ1) is 11.9. The second-order valence-corrected chi connectivity index (χ2v) is 5.35. The topological polar surface area (TPSA) is 59.2 Å². The summed E-state index contributed by atoms with van der Waals surface area (Å²) in [5, 5.41) is 11.0. The average molecular weight is 450 g/mol. The molecule has 7 heteroatoms. The van der Waals surface area contributed by atoms with Gasteiger partial charge in [-0.05, 0) is 29.8 Å². The third-order valence-corrected chi connectivity index (χ3v) is 3.74. The fraction of sp³-hybridized carbons (Fsp3) is 0.222. The number of rotatable bonds is 6. The first kappa shape index (κ1) is 19.0. The zero-order valence-electron chi connectivity index (χ0n) is 14.2. The van der Waals surface area contributed by atoms with Crippen molar-refractivity contribution in [1.82, 2.24) is 25.0 Å². The van der Waals surface area contributed by atoms with Crippen molar-refractivity contribution in [3.8, 4) is 5.69 Å². The molecule has 3 rings (SSSR count). The molecule has 2 aromatic heterocycles. The lowest BCUT2D eigenvalue weighted by atomic mass is 10.2. The summed E-state index contributed by atoms with van der Waals surface area (Å²) in [6, 6.07) is 14.2. The van der Waals surface area contributed by atoms with E-state index < -0.39 is 0 Å². The molecule has 3 aromatic rings. The molecular formula is C18H23IN6. The molecule has 0 saturated heterocycles. The molecule has 0 aliphatic heterocycles. The van der Waals surface area contributed by atoms with Crippen molar-refractivity contribution in [2.24, 2.45) is 4.99 Å². The van der Waals surface area contributed by atoms with Crippen LogP contribution in [-0.2, 0) is 13.1 Å². The number of guanidine groups is 1. The van der Waals surface area contributed by atoms with Crippen LogP contribution >= 0.6 is 24.0 Å². The number of nitrogens with one attached hydrogen (secondary N) is 2. The normalized spacial score (nSPS) is 11.0. The van der Waals surface area contributed by atoms with Crippen LogP contribution in [0.5, 0.6) is 0 Å². The Morgan fingerprint density at radius 2 is 1.84 bits per heavy atom. The molecule has 0 unspecified atom stereocenters. The molecule has 1 aromatic carbocycles. The maximum Gasteiger partial charge on any atom is 0.191 e. The summed E-state index contributed by atoms with van der Waals surface area (Å²) in [4.78, 5) is 4.28. The highest BCUT2D eigenvalue weighted by atomic mass is 127. The van der Waals surface area contributed by atoms with Gasteiger partial charge in [0.15, 0.2) is 5.96 Å². The molecular weight excluding hydrogens is 427 g/mol. The van der Waals surface area contributed by atoms with E-state index in [4.69, 9.17) is 0 Å². The minimum Gasteiger partial charge on any atom is -0.355 e. The van der Waals surface area contributed by atoms with E-state index in [-0.39, 0.29) is 24.0 Å². The molecule has 0 atom stereocenters. The summed E-state index contributed by atoms with van der Waals surface area (Å²) >= 11 is 0. The number of benzene rings is 1. The smallest absolute Gasteiger partial charge is 0.191 e. The third kappa shape index (κ3) is 5.35. The third-order valence-electron chi connectivity index (χ3n) is 3.74. The fourth-order valence-corrected chi connectivity index (χ4v) is 2.52. The lowest BCUT2D eigenvalue weighted by molar-refractivity contribution is 0.665. The van der Waals surface area contributed by atoms with Crippen LogP contribution < -0.4 is 10.6 Å². The van der Waals surface area contributed by atoms with Gasteiger partial charge in [-0.3, -0.25) is 4.99 Å². The minimum atomic E-state index is 0. The Labute approximate surface area is 165 Å². The number of hydrogen-bond acceptors (Lipinski definition) is 2. The maximum absolute atomic E-state index is 4.31. The van der Waals surface area contributed by atoms with Gasteiger partial charge in [0.2, 0.25) is 0 Å². The molecule has 0 amide bonds. The number of hydrogen-bond donors (Lipinski definition) is 2. The summed E-state index contributed by atoms with van der Waals surface area (Å²) in [6.07, 6.45) is 7.84.